The average Bonchev–Trinajstić information content (AvgIpc) is 2.39. The fourth-order valence-corrected chi connectivity index (χ4v) is 2.98. The number of para-hydroxylation sites is 1. The lowest BCUT2D eigenvalue weighted by molar-refractivity contribution is 0.0437. The van der Waals surface area contributed by atoms with E-state index in [9.17, 15) is 9.90 Å². The number of rotatable bonds is 1. The van der Waals surface area contributed by atoms with E-state index in [1.807, 2.05) is 18.2 Å². The molecule has 0 radical (unpaired) electrons. The maximum atomic E-state index is 11.9. The van der Waals surface area contributed by atoms with Crippen LogP contribution >= 0.6 is 11.8 Å². The van der Waals surface area contributed by atoms with E-state index in [0.717, 1.165) is 4.90 Å². The number of fused-ring (bicyclic) bond motifs is 1. The molecule has 1 atom stereocenters. The standard InChI is InChI=1S/C14H10O3S/c15-11-7-3-1-5-9(11)14-17-13(16)10-6-2-4-8-12(10)18-14/h1-8,14-15H/t14-/m1/s1. The molecule has 4 heteroatoms. The van der Waals surface area contributed by atoms with Crippen LogP contribution in [0.5, 0.6) is 5.75 Å². The summed E-state index contributed by atoms with van der Waals surface area (Å²) >= 11 is 1.42. The van der Waals surface area contributed by atoms with Crippen LogP contribution in [0.15, 0.2) is 53.4 Å². The van der Waals surface area contributed by atoms with Crippen LogP contribution in [-0.4, -0.2) is 11.1 Å². The number of carbonyl (C=O) groups is 1. The van der Waals surface area contributed by atoms with E-state index in [2.05, 4.69) is 0 Å². The van der Waals surface area contributed by atoms with Crippen molar-refractivity contribution in [2.75, 3.05) is 0 Å². The molecular formula is C14H10O3S. The summed E-state index contributed by atoms with van der Waals surface area (Å²) in [7, 11) is 0. The molecule has 0 fully saturated rings. The Balaban J connectivity index is 2.00. The lowest BCUT2D eigenvalue weighted by Gasteiger charge is -2.24. The second-order valence-corrected chi connectivity index (χ2v) is 5.01. The van der Waals surface area contributed by atoms with Gasteiger partial charge in [0.05, 0.1) is 5.56 Å². The number of aromatic hydroxyl groups is 1. The number of thioether (sulfide) groups is 1. The van der Waals surface area contributed by atoms with Crippen LogP contribution in [0.3, 0.4) is 0 Å². The lowest BCUT2D eigenvalue weighted by atomic mass is 10.2. The van der Waals surface area contributed by atoms with Gasteiger partial charge in [-0.3, -0.25) is 0 Å². The maximum Gasteiger partial charge on any atom is 0.340 e. The summed E-state index contributed by atoms with van der Waals surface area (Å²) in [5, 5.41) is 9.79. The third-order valence-electron chi connectivity index (χ3n) is 2.75. The molecule has 0 aliphatic carbocycles. The summed E-state index contributed by atoms with van der Waals surface area (Å²) in [5.74, 6) is -0.209. The van der Waals surface area contributed by atoms with Crippen LogP contribution in [-0.2, 0) is 4.74 Å². The van der Waals surface area contributed by atoms with Gasteiger partial charge in [0.1, 0.15) is 5.75 Å². The van der Waals surface area contributed by atoms with Crippen molar-refractivity contribution in [3.8, 4) is 5.75 Å². The number of phenols is 1. The smallest absolute Gasteiger partial charge is 0.340 e. The summed E-state index contributed by atoms with van der Waals surface area (Å²) in [4.78, 5) is 12.7. The largest absolute Gasteiger partial charge is 0.507 e. The lowest BCUT2D eigenvalue weighted by Crippen LogP contribution is -2.15. The minimum Gasteiger partial charge on any atom is -0.507 e. The van der Waals surface area contributed by atoms with Gasteiger partial charge in [-0.15, -0.1) is 0 Å². The summed E-state index contributed by atoms with van der Waals surface area (Å²) in [6.07, 6.45) is 0. The van der Waals surface area contributed by atoms with E-state index in [1.165, 1.54) is 11.8 Å². The van der Waals surface area contributed by atoms with Gasteiger partial charge in [-0.05, 0) is 18.2 Å². The van der Waals surface area contributed by atoms with E-state index in [4.69, 9.17) is 4.74 Å². The molecule has 1 aliphatic rings. The monoisotopic (exact) mass is 258 g/mol. The van der Waals surface area contributed by atoms with E-state index in [-0.39, 0.29) is 11.7 Å². The van der Waals surface area contributed by atoms with Crippen LogP contribution in [0.1, 0.15) is 21.4 Å². The van der Waals surface area contributed by atoms with Crippen molar-refractivity contribution in [3.63, 3.8) is 0 Å². The Hall–Kier alpha value is -1.94. The highest BCUT2D eigenvalue weighted by molar-refractivity contribution is 7.99. The molecule has 0 unspecified atom stereocenters. The fourth-order valence-electron chi connectivity index (χ4n) is 1.85. The highest BCUT2D eigenvalue weighted by atomic mass is 32.2. The van der Waals surface area contributed by atoms with Crippen LogP contribution in [0.4, 0.5) is 0 Å². The number of hydrogen-bond acceptors (Lipinski definition) is 4. The van der Waals surface area contributed by atoms with Crippen LogP contribution in [0.2, 0.25) is 0 Å². The molecule has 1 aliphatic heterocycles. The molecule has 3 rings (SSSR count). The predicted octanol–water partition coefficient (Wildman–Crippen LogP) is 3.35. The quantitative estimate of drug-likeness (QED) is 0.797. The van der Waals surface area contributed by atoms with E-state index < -0.39 is 5.44 Å². The molecule has 18 heavy (non-hydrogen) atoms. The van der Waals surface area contributed by atoms with Gasteiger partial charge in [0.25, 0.3) is 0 Å². The maximum absolute atomic E-state index is 11.9. The normalized spacial score (nSPS) is 18.0. The molecule has 3 nitrogen and oxygen atoms in total. The van der Waals surface area contributed by atoms with Crippen LogP contribution in [0, 0.1) is 0 Å². The molecule has 2 aromatic rings. The molecule has 0 bridgehead atoms. The Morgan fingerprint density at radius 2 is 1.78 bits per heavy atom. The van der Waals surface area contributed by atoms with Gasteiger partial charge in [-0.1, -0.05) is 42.1 Å². The summed E-state index contributed by atoms with van der Waals surface area (Å²) in [6.45, 7) is 0. The zero-order valence-corrected chi connectivity index (χ0v) is 10.2. The molecule has 0 saturated heterocycles. The first kappa shape index (κ1) is 11.2. The molecule has 1 heterocycles. The van der Waals surface area contributed by atoms with E-state index in [0.29, 0.717) is 11.1 Å². The molecule has 1 N–H and O–H groups in total. The summed E-state index contributed by atoms with van der Waals surface area (Å²) in [6, 6.07) is 14.2. The van der Waals surface area contributed by atoms with Crippen molar-refractivity contribution in [3.05, 3.63) is 59.7 Å². The predicted molar refractivity (Wildman–Crippen MR) is 68.6 cm³/mol. The zero-order valence-electron chi connectivity index (χ0n) is 9.37. The first-order valence-corrected chi connectivity index (χ1v) is 6.38. The Kier molecular flexibility index (Phi) is 2.72. The Bertz CT molecular complexity index is 609. The summed E-state index contributed by atoms with van der Waals surface area (Å²) < 4.78 is 5.34. The summed E-state index contributed by atoms with van der Waals surface area (Å²) in [5.41, 5.74) is 0.702. The number of benzene rings is 2. The second-order valence-electron chi connectivity index (χ2n) is 3.91. The number of ether oxygens (including phenoxy) is 1. The Labute approximate surface area is 108 Å². The van der Waals surface area contributed by atoms with Gasteiger partial charge in [0.15, 0.2) is 5.44 Å². The highest BCUT2D eigenvalue weighted by Crippen LogP contribution is 2.44. The van der Waals surface area contributed by atoms with E-state index >= 15 is 0 Å². The van der Waals surface area contributed by atoms with Gasteiger partial charge in [-0.2, -0.15) is 0 Å². The minimum absolute atomic E-state index is 0.141. The first-order valence-electron chi connectivity index (χ1n) is 5.50. The van der Waals surface area contributed by atoms with Gasteiger partial charge < -0.3 is 9.84 Å². The topological polar surface area (TPSA) is 46.5 Å². The molecule has 0 amide bonds. The number of phenolic OH excluding ortho intramolecular Hbond substituents is 1. The molecular weight excluding hydrogens is 248 g/mol. The van der Waals surface area contributed by atoms with Crippen molar-refractivity contribution in [2.45, 2.75) is 10.3 Å². The van der Waals surface area contributed by atoms with Crippen LogP contribution < -0.4 is 0 Å². The molecule has 2 aromatic carbocycles. The minimum atomic E-state index is -0.492. The van der Waals surface area contributed by atoms with Gasteiger partial charge in [0, 0.05) is 10.5 Å². The zero-order chi connectivity index (χ0) is 12.5. The van der Waals surface area contributed by atoms with Crippen LogP contribution in [0.25, 0.3) is 0 Å². The van der Waals surface area contributed by atoms with E-state index in [1.54, 1.807) is 30.3 Å². The average molecular weight is 258 g/mol. The number of hydrogen-bond donors (Lipinski definition) is 1. The molecule has 0 saturated carbocycles. The SMILES string of the molecule is O=C1O[C@@H](c2ccccc2O)Sc2ccccc21. The van der Waals surface area contributed by atoms with Crippen molar-refractivity contribution < 1.29 is 14.6 Å². The fraction of sp³-hybridized carbons (Fsp3) is 0.0714. The van der Waals surface area contributed by atoms with Gasteiger partial charge in [-0.25, -0.2) is 4.79 Å². The third-order valence-corrected chi connectivity index (χ3v) is 3.92. The molecule has 90 valence electrons. The van der Waals surface area contributed by atoms with Gasteiger partial charge >= 0.3 is 5.97 Å². The number of carbonyl (C=O) groups excluding carboxylic acids is 1. The Morgan fingerprint density at radius 3 is 2.61 bits per heavy atom. The number of cyclic esters (lactones) is 1. The van der Waals surface area contributed by atoms with Crippen molar-refractivity contribution in [1.82, 2.24) is 0 Å². The van der Waals surface area contributed by atoms with Crippen molar-refractivity contribution >= 4 is 17.7 Å². The third kappa shape index (κ3) is 1.84. The molecule has 0 spiro atoms. The van der Waals surface area contributed by atoms with Gasteiger partial charge in [0.2, 0.25) is 0 Å². The molecule has 0 aromatic heterocycles. The first-order chi connectivity index (χ1) is 8.75. The second kappa shape index (κ2) is 4.38. The van der Waals surface area contributed by atoms with Crippen molar-refractivity contribution in [1.29, 1.82) is 0 Å². The highest BCUT2D eigenvalue weighted by Gasteiger charge is 2.29. The van der Waals surface area contributed by atoms with Crippen molar-refractivity contribution in [2.24, 2.45) is 0 Å². The number of esters is 1. The Morgan fingerprint density at radius 1 is 1.06 bits per heavy atom.